The van der Waals surface area contributed by atoms with Crippen molar-refractivity contribution < 1.29 is 14.3 Å². The number of ketones is 1. The average Bonchev–Trinajstić information content (AvgIpc) is 3.29. The van der Waals surface area contributed by atoms with Gasteiger partial charge in [-0.3, -0.25) is 14.2 Å². The second-order valence-corrected chi connectivity index (χ2v) is 13.7. The third kappa shape index (κ3) is 5.54. The van der Waals surface area contributed by atoms with Crippen LogP contribution in [0.3, 0.4) is 0 Å². The van der Waals surface area contributed by atoms with Gasteiger partial charge in [0.05, 0.1) is 35.5 Å². The number of aryl methyl sites for hydroxylation is 1. The summed E-state index contributed by atoms with van der Waals surface area (Å²) in [6.45, 7) is 6.87. The number of carbonyl (C=O) groups excluding carboxylic acids is 1. The molecular formula is C30H31BrN2O4S2. The first kappa shape index (κ1) is 27.9. The molecule has 0 fully saturated rings. The predicted molar refractivity (Wildman–Crippen MR) is 162 cm³/mol. The van der Waals surface area contributed by atoms with Gasteiger partial charge in [0, 0.05) is 10.4 Å². The summed E-state index contributed by atoms with van der Waals surface area (Å²) < 4.78 is 13.0. The number of ether oxygens (including phenoxy) is 2. The maximum atomic E-state index is 14.1. The molecule has 2 aromatic carbocycles. The summed E-state index contributed by atoms with van der Waals surface area (Å²) >= 11 is 6.37. The van der Waals surface area contributed by atoms with Gasteiger partial charge in [0.15, 0.2) is 10.9 Å². The molecule has 9 heteroatoms. The third-order valence-electron chi connectivity index (χ3n) is 7.41. The number of thioether (sulfide) groups is 1. The molecule has 1 aliphatic carbocycles. The maximum Gasteiger partial charge on any atom is 0.267 e. The molecule has 0 spiro atoms. The quantitative estimate of drug-likeness (QED) is 0.121. The molecule has 39 heavy (non-hydrogen) atoms. The van der Waals surface area contributed by atoms with Crippen LogP contribution < -0.4 is 15.0 Å². The Morgan fingerprint density at radius 1 is 1.15 bits per heavy atom. The van der Waals surface area contributed by atoms with Gasteiger partial charge in [0.25, 0.3) is 5.56 Å². The number of aromatic nitrogens is 2. The zero-order valence-corrected chi connectivity index (χ0v) is 25.9. The summed E-state index contributed by atoms with van der Waals surface area (Å²) in [6.07, 6.45) is 2.91. The van der Waals surface area contributed by atoms with E-state index in [0.717, 1.165) is 29.7 Å². The fourth-order valence-corrected chi connectivity index (χ4v) is 7.84. The molecule has 1 aliphatic rings. The lowest BCUT2D eigenvalue weighted by Gasteiger charge is -2.33. The Hall–Kier alpha value is -2.62. The molecule has 2 heterocycles. The van der Waals surface area contributed by atoms with E-state index in [1.54, 1.807) is 48.3 Å². The monoisotopic (exact) mass is 626 g/mol. The van der Waals surface area contributed by atoms with Crippen molar-refractivity contribution in [2.75, 3.05) is 20.0 Å². The molecule has 204 valence electrons. The molecular weight excluding hydrogens is 596 g/mol. The number of halogens is 1. The maximum absolute atomic E-state index is 14.1. The first-order valence-corrected chi connectivity index (χ1v) is 15.4. The van der Waals surface area contributed by atoms with Crippen LogP contribution in [0.25, 0.3) is 15.9 Å². The Kier molecular flexibility index (Phi) is 7.95. The lowest BCUT2D eigenvalue weighted by molar-refractivity contribution is 0.102. The highest BCUT2D eigenvalue weighted by Crippen LogP contribution is 2.42. The standard InChI is InChI=1S/C30H31BrN2O4S2/c1-30(2,3)18-7-12-21-25(15-18)39-27-26(21)28(35)33(19-8-10-20(36-4)11-9-19)29(32-27)38-16-23(34)17-6-13-24(37-5)22(31)14-17/h6,8-11,13-14,18H,7,12,15-16H2,1-5H3. The Labute approximate surface area is 244 Å². The Morgan fingerprint density at radius 2 is 1.90 bits per heavy atom. The minimum absolute atomic E-state index is 0.0579. The van der Waals surface area contributed by atoms with Gasteiger partial charge in [-0.2, -0.15) is 0 Å². The molecule has 0 N–H and O–H groups in total. The zero-order chi connectivity index (χ0) is 27.9. The van der Waals surface area contributed by atoms with Crippen LogP contribution in [0.2, 0.25) is 0 Å². The third-order valence-corrected chi connectivity index (χ3v) is 10.1. The molecule has 6 nitrogen and oxygen atoms in total. The molecule has 1 atom stereocenters. The van der Waals surface area contributed by atoms with Gasteiger partial charge >= 0.3 is 0 Å². The Morgan fingerprint density at radius 3 is 2.54 bits per heavy atom. The van der Waals surface area contributed by atoms with Crippen molar-refractivity contribution in [2.45, 2.75) is 45.2 Å². The second kappa shape index (κ2) is 11.1. The number of hydrogen-bond acceptors (Lipinski definition) is 7. The average molecular weight is 628 g/mol. The number of carbonyl (C=O) groups is 1. The molecule has 0 saturated carbocycles. The fourth-order valence-electron chi connectivity index (χ4n) is 5.05. The highest BCUT2D eigenvalue weighted by molar-refractivity contribution is 9.10. The first-order chi connectivity index (χ1) is 18.6. The van der Waals surface area contributed by atoms with Gasteiger partial charge in [0.1, 0.15) is 16.3 Å². The van der Waals surface area contributed by atoms with Gasteiger partial charge in [-0.1, -0.05) is 32.5 Å². The first-order valence-electron chi connectivity index (χ1n) is 12.8. The van der Waals surface area contributed by atoms with E-state index in [1.807, 2.05) is 24.3 Å². The van der Waals surface area contributed by atoms with Crippen LogP contribution in [0.4, 0.5) is 0 Å². The molecule has 4 aromatic rings. The van der Waals surface area contributed by atoms with Crippen molar-refractivity contribution in [2.24, 2.45) is 11.3 Å². The minimum atomic E-state index is -0.0842. The largest absolute Gasteiger partial charge is 0.497 e. The Bertz CT molecular complexity index is 1600. The molecule has 1 unspecified atom stereocenters. The number of Topliss-reactive ketones (excluding diaryl/α,β-unsaturated/α-hetero) is 1. The van der Waals surface area contributed by atoms with Crippen molar-refractivity contribution >= 4 is 55.0 Å². The topological polar surface area (TPSA) is 70.4 Å². The summed E-state index contributed by atoms with van der Waals surface area (Å²) in [5.74, 6) is 2.02. The number of benzene rings is 2. The van der Waals surface area contributed by atoms with E-state index in [2.05, 4.69) is 36.7 Å². The van der Waals surface area contributed by atoms with E-state index in [-0.39, 0.29) is 22.5 Å². The number of thiophene rings is 1. The zero-order valence-electron chi connectivity index (χ0n) is 22.7. The highest BCUT2D eigenvalue weighted by Gasteiger charge is 2.32. The van der Waals surface area contributed by atoms with Crippen LogP contribution in [0.15, 0.2) is 56.9 Å². The molecule has 0 radical (unpaired) electrons. The minimum Gasteiger partial charge on any atom is -0.497 e. The Balaban J connectivity index is 1.56. The predicted octanol–water partition coefficient (Wildman–Crippen LogP) is 7.35. The van der Waals surface area contributed by atoms with Crippen LogP contribution in [0.1, 0.15) is 48.0 Å². The summed E-state index contributed by atoms with van der Waals surface area (Å²) in [4.78, 5) is 34.3. The number of nitrogens with zero attached hydrogens (tertiary/aromatic N) is 2. The molecule has 0 bridgehead atoms. The molecule has 0 amide bonds. The number of rotatable bonds is 7. The van der Waals surface area contributed by atoms with E-state index in [9.17, 15) is 9.59 Å². The normalized spacial score (nSPS) is 15.3. The van der Waals surface area contributed by atoms with E-state index in [0.29, 0.717) is 43.7 Å². The van der Waals surface area contributed by atoms with Crippen molar-refractivity contribution in [3.05, 3.63) is 73.3 Å². The van der Waals surface area contributed by atoms with Gasteiger partial charge in [0.2, 0.25) is 0 Å². The lowest BCUT2D eigenvalue weighted by atomic mass is 9.72. The summed E-state index contributed by atoms with van der Waals surface area (Å²) in [6, 6.07) is 12.6. The fraction of sp³-hybridized carbons (Fsp3) is 0.367. The summed E-state index contributed by atoms with van der Waals surface area (Å²) in [7, 11) is 3.20. The van der Waals surface area contributed by atoms with Crippen molar-refractivity contribution in [3.63, 3.8) is 0 Å². The van der Waals surface area contributed by atoms with Crippen LogP contribution in [-0.4, -0.2) is 35.3 Å². The van der Waals surface area contributed by atoms with E-state index < -0.39 is 0 Å². The lowest BCUT2D eigenvalue weighted by Crippen LogP contribution is -2.27. The van der Waals surface area contributed by atoms with Crippen molar-refractivity contribution in [3.8, 4) is 17.2 Å². The summed E-state index contributed by atoms with van der Waals surface area (Å²) in [5.41, 5.74) is 2.53. The highest BCUT2D eigenvalue weighted by atomic mass is 79.9. The van der Waals surface area contributed by atoms with Crippen LogP contribution in [0.5, 0.6) is 11.5 Å². The smallest absolute Gasteiger partial charge is 0.267 e. The van der Waals surface area contributed by atoms with Gasteiger partial charge in [-0.15, -0.1) is 11.3 Å². The SMILES string of the molecule is COc1ccc(-n2c(SCC(=O)c3ccc(OC)c(Br)c3)nc3sc4c(c3c2=O)CCC(C(C)(C)C)C4)cc1. The van der Waals surface area contributed by atoms with Crippen molar-refractivity contribution in [1.82, 2.24) is 9.55 Å². The number of hydrogen-bond donors (Lipinski definition) is 0. The van der Waals surface area contributed by atoms with Crippen LogP contribution in [0, 0.1) is 11.3 Å². The summed E-state index contributed by atoms with van der Waals surface area (Å²) in [5, 5.41) is 1.22. The molecule has 2 aromatic heterocycles. The number of methoxy groups -OCH3 is 2. The molecule has 5 rings (SSSR count). The van der Waals surface area contributed by atoms with Crippen LogP contribution >= 0.6 is 39.0 Å². The van der Waals surface area contributed by atoms with E-state index >= 15 is 0 Å². The van der Waals surface area contributed by atoms with Crippen LogP contribution in [-0.2, 0) is 12.8 Å². The van der Waals surface area contributed by atoms with Gasteiger partial charge < -0.3 is 9.47 Å². The number of fused-ring (bicyclic) bond motifs is 3. The van der Waals surface area contributed by atoms with Gasteiger partial charge in [-0.05, 0) is 94.6 Å². The van der Waals surface area contributed by atoms with E-state index in [1.165, 1.54) is 16.6 Å². The second-order valence-electron chi connectivity index (χ2n) is 10.8. The van der Waals surface area contributed by atoms with Gasteiger partial charge in [-0.25, -0.2) is 4.98 Å². The molecule has 0 aliphatic heterocycles. The van der Waals surface area contributed by atoms with E-state index in [4.69, 9.17) is 14.5 Å². The van der Waals surface area contributed by atoms with Crippen molar-refractivity contribution in [1.29, 1.82) is 0 Å². The molecule has 0 saturated heterocycles.